The van der Waals surface area contributed by atoms with Crippen molar-refractivity contribution in [2.45, 2.75) is 6.54 Å². The van der Waals surface area contributed by atoms with Crippen molar-refractivity contribution in [2.24, 2.45) is 0 Å². The molecule has 8 heteroatoms. The van der Waals surface area contributed by atoms with Crippen LogP contribution < -0.4 is 10.1 Å². The number of carbonyl (C=O) groups excluding carboxylic acids is 1. The monoisotopic (exact) mass is 444 g/mol. The van der Waals surface area contributed by atoms with Gasteiger partial charge < -0.3 is 10.1 Å². The summed E-state index contributed by atoms with van der Waals surface area (Å²) >= 11 is 6.12. The Labute approximate surface area is 181 Å². The third-order valence-electron chi connectivity index (χ3n) is 4.21. The Morgan fingerprint density at radius 2 is 1.53 bits per heavy atom. The molecule has 0 radical (unpaired) electrons. The van der Waals surface area contributed by atoms with Gasteiger partial charge in [0.05, 0.1) is 12.8 Å². The van der Waals surface area contributed by atoms with Crippen molar-refractivity contribution in [3.63, 3.8) is 0 Å². The molecule has 0 spiro atoms. The van der Waals surface area contributed by atoms with Gasteiger partial charge in [-0.15, -0.1) is 0 Å². The fourth-order valence-electron chi connectivity index (χ4n) is 2.70. The first-order valence-corrected chi connectivity index (χ1v) is 11.4. The van der Waals surface area contributed by atoms with E-state index < -0.39 is 15.9 Å². The van der Waals surface area contributed by atoms with Crippen molar-refractivity contribution in [1.82, 2.24) is 4.31 Å². The van der Waals surface area contributed by atoms with E-state index in [1.54, 1.807) is 48.5 Å². The largest absolute Gasteiger partial charge is 0.457 e. The van der Waals surface area contributed by atoms with Gasteiger partial charge in [0.15, 0.2) is 0 Å². The number of rotatable bonds is 8. The second-order valence-electron chi connectivity index (χ2n) is 6.61. The lowest BCUT2D eigenvalue weighted by Crippen LogP contribution is -2.37. The van der Waals surface area contributed by atoms with Crippen LogP contribution >= 0.6 is 11.6 Å². The molecule has 3 rings (SSSR count). The van der Waals surface area contributed by atoms with Crippen molar-refractivity contribution in [3.05, 3.63) is 89.4 Å². The number of nitrogens with zero attached hydrogens (tertiary/aromatic N) is 1. The number of amides is 1. The first-order valence-electron chi connectivity index (χ1n) is 9.12. The molecule has 156 valence electrons. The summed E-state index contributed by atoms with van der Waals surface area (Å²) in [6.45, 7) is -0.317. The maximum Gasteiger partial charge on any atom is 0.239 e. The molecule has 0 aromatic heterocycles. The topological polar surface area (TPSA) is 75.7 Å². The smallest absolute Gasteiger partial charge is 0.239 e. The number of para-hydroxylation sites is 1. The van der Waals surface area contributed by atoms with Gasteiger partial charge in [-0.05, 0) is 48.0 Å². The molecular weight excluding hydrogens is 424 g/mol. The van der Waals surface area contributed by atoms with Gasteiger partial charge in [-0.1, -0.05) is 48.0 Å². The van der Waals surface area contributed by atoms with Crippen molar-refractivity contribution in [1.29, 1.82) is 0 Å². The summed E-state index contributed by atoms with van der Waals surface area (Å²) in [4.78, 5) is 12.4. The predicted molar refractivity (Wildman–Crippen MR) is 118 cm³/mol. The first-order chi connectivity index (χ1) is 14.3. The van der Waals surface area contributed by atoms with Gasteiger partial charge in [-0.3, -0.25) is 4.79 Å². The molecule has 3 aromatic rings. The summed E-state index contributed by atoms with van der Waals surface area (Å²) in [5.74, 6) is 0.873. The zero-order chi connectivity index (χ0) is 21.6. The van der Waals surface area contributed by atoms with E-state index in [-0.39, 0.29) is 13.1 Å². The zero-order valence-corrected chi connectivity index (χ0v) is 17.9. The third kappa shape index (κ3) is 6.32. The molecule has 0 aliphatic heterocycles. The standard InChI is InChI=1S/C22H21ClN2O4S/c1-30(27,28)25(15-17-7-5-6-10-21(17)23)16-22(26)24-18-11-13-20(14-12-18)29-19-8-3-2-4-9-19/h2-14H,15-16H2,1H3,(H,24,26). The van der Waals surface area contributed by atoms with E-state index in [0.717, 1.165) is 10.6 Å². The maximum absolute atomic E-state index is 12.4. The van der Waals surface area contributed by atoms with Crippen LogP contribution in [0.1, 0.15) is 5.56 Å². The van der Waals surface area contributed by atoms with Gasteiger partial charge in [-0.2, -0.15) is 4.31 Å². The number of hydrogen-bond donors (Lipinski definition) is 1. The highest BCUT2D eigenvalue weighted by molar-refractivity contribution is 7.88. The van der Waals surface area contributed by atoms with E-state index in [2.05, 4.69) is 5.32 Å². The Balaban J connectivity index is 1.63. The van der Waals surface area contributed by atoms with E-state index in [0.29, 0.717) is 27.8 Å². The Hall–Kier alpha value is -2.87. The molecule has 0 aliphatic carbocycles. The fraction of sp³-hybridized carbons (Fsp3) is 0.136. The van der Waals surface area contributed by atoms with Crippen LogP contribution in [-0.4, -0.2) is 31.4 Å². The molecule has 0 aliphatic rings. The average molecular weight is 445 g/mol. The normalized spacial score (nSPS) is 11.3. The lowest BCUT2D eigenvalue weighted by molar-refractivity contribution is -0.116. The van der Waals surface area contributed by atoms with Crippen LogP contribution in [0.4, 0.5) is 5.69 Å². The molecule has 1 amide bonds. The van der Waals surface area contributed by atoms with Crippen LogP contribution in [0.15, 0.2) is 78.9 Å². The van der Waals surface area contributed by atoms with Crippen LogP contribution in [0, 0.1) is 0 Å². The Morgan fingerprint density at radius 1 is 0.933 bits per heavy atom. The predicted octanol–water partition coefficient (Wildman–Crippen LogP) is 4.53. The van der Waals surface area contributed by atoms with Crippen LogP contribution in [0.2, 0.25) is 5.02 Å². The minimum Gasteiger partial charge on any atom is -0.457 e. The van der Waals surface area contributed by atoms with Gasteiger partial charge in [0.2, 0.25) is 15.9 Å². The quantitative estimate of drug-likeness (QED) is 0.553. The van der Waals surface area contributed by atoms with Gasteiger partial charge in [0, 0.05) is 17.3 Å². The number of nitrogens with one attached hydrogen (secondary N) is 1. The minimum atomic E-state index is -3.61. The van der Waals surface area contributed by atoms with E-state index in [1.165, 1.54) is 0 Å². The summed E-state index contributed by atoms with van der Waals surface area (Å²) in [5.41, 5.74) is 1.16. The van der Waals surface area contributed by atoms with Crippen LogP contribution in [-0.2, 0) is 21.4 Å². The third-order valence-corrected chi connectivity index (χ3v) is 5.78. The second kappa shape index (κ2) is 9.75. The van der Waals surface area contributed by atoms with E-state index >= 15 is 0 Å². The Kier molecular flexibility index (Phi) is 7.10. The molecule has 30 heavy (non-hydrogen) atoms. The van der Waals surface area contributed by atoms with Gasteiger partial charge in [-0.25, -0.2) is 8.42 Å². The summed E-state index contributed by atoms with van der Waals surface area (Å²) < 4.78 is 31.1. The SMILES string of the molecule is CS(=O)(=O)N(CC(=O)Nc1ccc(Oc2ccccc2)cc1)Cc1ccccc1Cl. The van der Waals surface area contributed by atoms with E-state index in [4.69, 9.17) is 16.3 Å². The summed E-state index contributed by atoms with van der Waals surface area (Å²) in [6, 6.07) is 23.1. The average Bonchev–Trinajstić information content (AvgIpc) is 2.70. The van der Waals surface area contributed by atoms with Gasteiger partial charge >= 0.3 is 0 Å². The van der Waals surface area contributed by atoms with Crippen LogP contribution in [0.5, 0.6) is 11.5 Å². The molecule has 0 heterocycles. The van der Waals surface area contributed by atoms with E-state index in [1.807, 2.05) is 30.3 Å². The molecule has 0 atom stereocenters. The second-order valence-corrected chi connectivity index (χ2v) is 9.00. The fourth-order valence-corrected chi connectivity index (χ4v) is 3.62. The summed E-state index contributed by atoms with van der Waals surface area (Å²) in [5, 5.41) is 3.15. The van der Waals surface area contributed by atoms with Crippen molar-refractivity contribution >= 4 is 33.2 Å². The lowest BCUT2D eigenvalue weighted by atomic mass is 10.2. The molecule has 0 bridgehead atoms. The first kappa shape index (κ1) is 21.8. The number of ether oxygens (including phenoxy) is 1. The molecule has 1 N–H and O–H groups in total. The highest BCUT2D eigenvalue weighted by Gasteiger charge is 2.21. The molecule has 0 unspecified atom stereocenters. The van der Waals surface area contributed by atoms with Gasteiger partial charge in [0.25, 0.3) is 0 Å². The van der Waals surface area contributed by atoms with E-state index in [9.17, 15) is 13.2 Å². The lowest BCUT2D eigenvalue weighted by Gasteiger charge is -2.20. The molecule has 0 saturated heterocycles. The number of halogens is 1. The van der Waals surface area contributed by atoms with Crippen LogP contribution in [0.3, 0.4) is 0 Å². The Morgan fingerprint density at radius 3 is 2.17 bits per heavy atom. The highest BCUT2D eigenvalue weighted by Crippen LogP contribution is 2.23. The Bertz CT molecular complexity index is 1100. The molecule has 3 aromatic carbocycles. The molecule has 0 saturated carbocycles. The maximum atomic E-state index is 12.4. The van der Waals surface area contributed by atoms with Crippen LogP contribution in [0.25, 0.3) is 0 Å². The molecule has 6 nitrogen and oxygen atoms in total. The number of carbonyl (C=O) groups is 1. The number of anilines is 1. The van der Waals surface area contributed by atoms with Crippen molar-refractivity contribution in [3.8, 4) is 11.5 Å². The molecular formula is C22H21ClN2O4S. The number of hydrogen-bond acceptors (Lipinski definition) is 4. The zero-order valence-electron chi connectivity index (χ0n) is 16.3. The highest BCUT2D eigenvalue weighted by atomic mass is 35.5. The van der Waals surface area contributed by atoms with Crippen molar-refractivity contribution < 1.29 is 17.9 Å². The minimum absolute atomic E-state index is 0.00970. The molecule has 0 fully saturated rings. The number of benzene rings is 3. The summed E-state index contributed by atoms with van der Waals surface area (Å²) in [6.07, 6.45) is 1.06. The van der Waals surface area contributed by atoms with Gasteiger partial charge in [0.1, 0.15) is 11.5 Å². The number of sulfonamides is 1. The van der Waals surface area contributed by atoms with Crippen molar-refractivity contribution in [2.75, 3.05) is 18.1 Å². The summed E-state index contributed by atoms with van der Waals surface area (Å²) in [7, 11) is -3.61.